The number of carbonyl (C=O) groups is 1. The molecule has 0 spiro atoms. The highest BCUT2D eigenvalue weighted by atomic mass is 16.5. The molecule has 0 aliphatic heterocycles. The van der Waals surface area contributed by atoms with E-state index in [1.165, 1.54) is 7.11 Å². The lowest BCUT2D eigenvalue weighted by Gasteiger charge is -2.35. The smallest absolute Gasteiger partial charge is 0.327 e. The number of nitrogens with zero attached hydrogens (tertiary/aromatic N) is 1. The zero-order valence-electron chi connectivity index (χ0n) is 12.7. The highest BCUT2D eigenvalue weighted by Gasteiger charge is 2.51. The molecule has 1 rings (SSSR count). The molecule has 0 aromatic heterocycles. The Morgan fingerprint density at radius 2 is 2.11 bits per heavy atom. The summed E-state index contributed by atoms with van der Waals surface area (Å²) in [5.41, 5.74) is -0.559. The maximum Gasteiger partial charge on any atom is 0.327 e. The monoisotopic (exact) mass is 272 g/mol. The molecule has 1 atom stereocenters. The Morgan fingerprint density at radius 1 is 1.42 bits per heavy atom. The van der Waals surface area contributed by atoms with E-state index in [-0.39, 0.29) is 5.97 Å². The Bertz CT molecular complexity index is 282. The van der Waals surface area contributed by atoms with Gasteiger partial charge in [0.1, 0.15) is 5.54 Å². The Hall–Kier alpha value is -0.650. The van der Waals surface area contributed by atoms with Gasteiger partial charge in [-0.25, -0.2) is 4.79 Å². The van der Waals surface area contributed by atoms with Crippen LogP contribution in [0.3, 0.4) is 0 Å². The minimum Gasteiger partial charge on any atom is -0.468 e. The molecule has 1 aliphatic rings. The fourth-order valence-electron chi connectivity index (χ4n) is 2.54. The Kier molecular flexibility index (Phi) is 6.75. The van der Waals surface area contributed by atoms with Crippen molar-refractivity contribution in [1.29, 1.82) is 0 Å². The third-order valence-electron chi connectivity index (χ3n) is 3.95. The molecular weight excluding hydrogens is 244 g/mol. The summed E-state index contributed by atoms with van der Waals surface area (Å²) in [5.74, 6) is 0.249. The summed E-state index contributed by atoms with van der Waals surface area (Å²) < 4.78 is 10.4. The summed E-state index contributed by atoms with van der Waals surface area (Å²) >= 11 is 0. The number of methoxy groups -OCH3 is 1. The summed E-state index contributed by atoms with van der Waals surface area (Å²) in [5, 5.41) is 3.23. The standard InChI is InChI=1S/C14H28N2O3/c1-5-16(9-10-19-6-2)11-14(15-3,12-7-8-12)13(17)18-4/h12,15H,5-11H2,1-4H3. The van der Waals surface area contributed by atoms with Gasteiger partial charge in [0.15, 0.2) is 0 Å². The first-order valence-electron chi connectivity index (χ1n) is 7.22. The van der Waals surface area contributed by atoms with Crippen LogP contribution in [0.25, 0.3) is 0 Å². The molecule has 1 N–H and O–H groups in total. The number of ether oxygens (including phenoxy) is 2. The molecule has 1 saturated carbocycles. The van der Waals surface area contributed by atoms with E-state index in [9.17, 15) is 4.79 Å². The van der Waals surface area contributed by atoms with E-state index in [4.69, 9.17) is 9.47 Å². The second-order valence-electron chi connectivity index (χ2n) is 5.05. The van der Waals surface area contributed by atoms with Gasteiger partial charge in [0.2, 0.25) is 0 Å². The van der Waals surface area contributed by atoms with Crippen molar-refractivity contribution in [2.75, 3.05) is 47.0 Å². The second-order valence-corrected chi connectivity index (χ2v) is 5.05. The average Bonchev–Trinajstić information content (AvgIpc) is 3.27. The molecule has 5 heteroatoms. The van der Waals surface area contributed by atoms with Crippen molar-refractivity contribution < 1.29 is 14.3 Å². The van der Waals surface area contributed by atoms with Crippen molar-refractivity contribution in [2.24, 2.45) is 5.92 Å². The highest BCUT2D eigenvalue weighted by Crippen LogP contribution is 2.40. The van der Waals surface area contributed by atoms with Gasteiger partial charge in [-0.3, -0.25) is 4.90 Å². The van der Waals surface area contributed by atoms with Crippen LogP contribution < -0.4 is 5.32 Å². The first kappa shape index (κ1) is 16.4. The van der Waals surface area contributed by atoms with Crippen molar-refractivity contribution in [3.8, 4) is 0 Å². The molecule has 1 aliphatic carbocycles. The van der Waals surface area contributed by atoms with Crippen molar-refractivity contribution in [3.63, 3.8) is 0 Å². The van der Waals surface area contributed by atoms with Crippen LogP contribution >= 0.6 is 0 Å². The van der Waals surface area contributed by atoms with Gasteiger partial charge in [0.25, 0.3) is 0 Å². The second kappa shape index (κ2) is 7.82. The van der Waals surface area contributed by atoms with Gasteiger partial charge in [-0.05, 0) is 39.3 Å². The number of esters is 1. The van der Waals surface area contributed by atoms with Crippen molar-refractivity contribution >= 4 is 5.97 Å². The van der Waals surface area contributed by atoms with Crippen LogP contribution in [0.4, 0.5) is 0 Å². The summed E-state index contributed by atoms with van der Waals surface area (Å²) in [6.07, 6.45) is 2.19. The third-order valence-corrected chi connectivity index (χ3v) is 3.95. The fraction of sp³-hybridized carbons (Fsp3) is 0.929. The van der Waals surface area contributed by atoms with E-state index in [1.807, 2.05) is 14.0 Å². The maximum absolute atomic E-state index is 12.2. The van der Waals surface area contributed by atoms with Gasteiger partial charge in [-0.15, -0.1) is 0 Å². The van der Waals surface area contributed by atoms with E-state index >= 15 is 0 Å². The van der Waals surface area contributed by atoms with Crippen LogP contribution in [0.1, 0.15) is 26.7 Å². The molecule has 112 valence electrons. The molecule has 0 amide bonds. The van der Waals surface area contributed by atoms with Gasteiger partial charge in [-0.2, -0.15) is 0 Å². The molecule has 0 bridgehead atoms. The fourth-order valence-corrected chi connectivity index (χ4v) is 2.54. The lowest BCUT2D eigenvalue weighted by Crippen LogP contribution is -2.60. The Morgan fingerprint density at radius 3 is 2.53 bits per heavy atom. The molecule has 0 aromatic carbocycles. The number of nitrogens with one attached hydrogen (secondary N) is 1. The predicted molar refractivity (Wildman–Crippen MR) is 75.1 cm³/mol. The number of rotatable bonds is 10. The van der Waals surface area contributed by atoms with Crippen LogP contribution in [-0.4, -0.2) is 63.4 Å². The topological polar surface area (TPSA) is 50.8 Å². The molecule has 1 unspecified atom stereocenters. The van der Waals surface area contributed by atoms with Gasteiger partial charge in [0.05, 0.1) is 13.7 Å². The predicted octanol–water partition coefficient (Wildman–Crippen LogP) is 0.886. The highest BCUT2D eigenvalue weighted by molar-refractivity contribution is 5.82. The Labute approximate surface area is 116 Å². The van der Waals surface area contributed by atoms with Crippen LogP contribution in [0.5, 0.6) is 0 Å². The zero-order chi connectivity index (χ0) is 14.3. The summed E-state index contributed by atoms with van der Waals surface area (Å²) in [6, 6.07) is 0. The normalized spacial score (nSPS) is 18.4. The molecule has 5 nitrogen and oxygen atoms in total. The summed E-state index contributed by atoms with van der Waals surface area (Å²) in [4.78, 5) is 14.4. The SMILES string of the molecule is CCOCCN(CC)CC(NC)(C(=O)OC)C1CC1. The first-order chi connectivity index (χ1) is 9.14. The number of likely N-dealkylation sites (N-methyl/N-ethyl adjacent to an activating group) is 2. The van der Waals surface area contributed by atoms with Crippen LogP contribution in [0, 0.1) is 5.92 Å². The van der Waals surface area contributed by atoms with Gasteiger partial charge < -0.3 is 14.8 Å². The minimum absolute atomic E-state index is 0.146. The summed E-state index contributed by atoms with van der Waals surface area (Å²) in [7, 11) is 3.32. The third kappa shape index (κ3) is 4.16. The molecule has 19 heavy (non-hydrogen) atoms. The van der Waals surface area contributed by atoms with Crippen molar-refractivity contribution in [3.05, 3.63) is 0 Å². The molecule has 1 fully saturated rings. The molecule has 0 saturated heterocycles. The lowest BCUT2D eigenvalue weighted by molar-refractivity contribution is -0.150. The molecule has 0 radical (unpaired) electrons. The van der Waals surface area contributed by atoms with E-state index in [0.29, 0.717) is 19.1 Å². The van der Waals surface area contributed by atoms with Crippen molar-refractivity contribution in [1.82, 2.24) is 10.2 Å². The van der Waals surface area contributed by atoms with E-state index < -0.39 is 5.54 Å². The quantitative estimate of drug-likeness (QED) is 0.473. The van der Waals surface area contributed by atoms with E-state index in [0.717, 1.165) is 32.5 Å². The number of hydrogen-bond donors (Lipinski definition) is 1. The van der Waals surface area contributed by atoms with Gasteiger partial charge in [0, 0.05) is 19.7 Å². The summed E-state index contributed by atoms with van der Waals surface area (Å²) in [6.45, 7) is 7.97. The Balaban J connectivity index is 2.66. The van der Waals surface area contributed by atoms with Crippen molar-refractivity contribution in [2.45, 2.75) is 32.2 Å². The number of hydrogen-bond acceptors (Lipinski definition) is 5. The lowest BCUT2D eigenvalue weighted by atomic mass is 9.92. The zero-order valence-corrected chi connectivity index (χ0v) is 12.7. The molecule has 0 heterocycles. The maximum atomic E-state index is 12.2. The van der Waals surface area contributed by atoms with E-state index in [1.54, 1.807) is 0 Å². The largest absolute Gasteiger partial charge is 0.468 e. The van der Waals surface area contributed by atoms with Crippen LogP contribution in [0.15, 0.2) is 0 Å². The first-order valence-corrected chi connectivity index (χ1v) is 7.22. The average molecular weight is 272 g/mol. The minimum atomic E-state index is -0.559. The van der Waals surface area contributed by atoms with E-state index in [2.05, 4.69) is 17.1 Å². The van der Waals surface area contributed by atoms with Crippen LogP contribution in [0.2, 0.25) is 0 Å². The number of carbonyl (C=O) groups excluding carboxylic acids is 1. The van der Waals surface area contributed by atoms with Gasteiger partial charge >= 0.3 is 5.97 Å². The van der Waals surface area contributed by atoms with Crippen LogP contribution in [-0.2, 0) is 14.3 Å². The molecular formula is C14H28N2O3. The van der Waals surface area contributed by atoms with Gasteiger partial charge in [-0.1, -0.05) is 6.92 Å². The molecule has 0 aromatic rings.